The molecule has 0 aromatic carbocycles. The normalized spacial score (nSPS) is 27.8. The molecule has 3 aliphatic rings. The van der Waals surface area contributed by atoms with Gasteiger partial charge >= 0.3 is 0 Å². The quantitative estimate of drug-likeness (QED) is 0.740. The first-order chi connectivity index (χ1) is 10.5. The highest BCUT2D eigenvalue weighted by Crippen LogP contribution is 2.30. The van der Waals surface area contributed by atoms with Gasteiger partial charge in [-0.25, -0.2) is 0 Å². The van der Waals surface area contributed by atoms with E-state index in [2.05, 4.69) is 5.16 Å². The number of carbonyl (C=O) groups excluding carboxylic acids is 2. The number of carbonyl (C=O) groups is 2. The van der Waals surface area contributed by atoms with Crippen LogP contribution in [0.1, 0.15) is 32.6 Å². The zero-order valence-corrected chi connectivity index (χ0v) is 13.2. The molecule has 0 aliphatic carbocycles. The Morgan fingerprint density at radius 1 is 1.41 bits per heavy atom. The van der Waals surface area contributed by atoms with Gasteiger partial charge in [-0.3, -0.25) is 9.59 Å². The summed E-state index contributed by atoms with van der Waals surface area (Å²) in [5.41, 5.74) is 0.656. The van der Waals surface area contributed by atoms with Crippen molar-refractivity contribution in [1.29, 1.82) is 0 Å². The Labute approximate surface area is 130 Å². The van der Waals surface area contributed by atoms with Crippen molar-refractivity contribution in [2.45, 2.75) is 44.3 Å². The van der Waals surface area contributed by atoms with Crippen LogP contribution in [0.2, 0.25) is 0 Å². The van der Waals surface area contributed by atoms with E-state index in [-0.39, 0.29) is 24.0 Å². The van der Waals surface area contributed by atoms with Gasteiger partial charge in [-0.1, -0.05) is 12.1 Å². The van der Waals surface area contributed by atoms with Crippen LogP contribution in [0.3, 0.4) is 0 Å². The van der Waals surface area contributed by atoms with Gasteiger partial charge in [-0.2, -0.15) is 0 Å². The minimum Gasteiger partial charge on any atom is -0.382 e. The van der Waals surface area contributed by atoms with Gasteiger partial charge in [0, 0.05) is 33.1 Å². The first-order valence-corrected chi connectivity index (χ1v) is 7.91. The van der Waals surface area contributed by atoms with E-state index in [0.717, 1.165) is 25.0 Å². The van der Waals surface area contributed by atoms with Gasteiger partial charge in [-0.05, 0) is 19.3 Å². The summed E-state index contributed by atoms with van der Waals surface area (Å²) in [6.45, 7) is 4.04. The number of rotatable bonds is 2. The van der Waals surface area contributed by atoms with Crippen LogP contribution in [0.25, 0.3) is 0 Å². The minimum absolute atomic E-state index is 0.0160. The molecule has 7 heteroatoms. The summed E-state index contributed by atoms with van der Waals surface area (Å²) in [6.07, 6.45) is 2.47. The predicted octanol–water partition coefficient (Wildman–Crippen LogP) is 0.391. The van der Waals surface area contributed by atoms with Gasteiger partial charge in [0.15, 0.2) is 0 Å². The highest BCUT2D eigenvalue weighted by Gasteiger charge is 2.43. The highest BCUT2D eigenvalue weighted by atomic mass is 16.6. The van der Waals surface area contributed by atoms with E-state index in [1.54, 1.807) is 11.9 Å². The SMILES string of the molecule is CCC1=NO[C@@H](C(=O)N2CCC3(CC2)CN(C)C(=O)CO3)C1. The number of likely N-dealkylation sites (N-methyl/N-ethyl adjacent to an activating group) is 1. The van der Waals surface area contributed by atoms with E-state index in [0.29, 0.717) is 26.1 Å². The Bertz CT molecular complexity index is 497. The number of ether oxygens (including phenoxy) is 1. The summed E-state index contributed by atoms with van der Waals surface area (Å²) in [5, 5.41) is 3.95. The average molecular weight is 309 g/mol. The van der Waals surface area contributed by atoms with Crippen molar-refractivity contribution in [2.75, 3.05) is 33.3 Å². The topological polar surface area (TPSA) is 71.4 Å². The zero-order chi connectivity index (χ0) is 15.7. The fourth-order valence-corrected chi connectivity index (χ4v) is 3.30. The average Bonchev–Trinajstić information content (AvgIpc) is 3.01. The molecule has 122 valence electrons. The van der Waals surface area contributed by atoms with Crippen LogP contribution in [-0.2, 0) is 19.2 Å². The van der Waals surface area contributed by atoms with E-state index in [9.17, 15) is 9.59 Å². The molecule has 2 amide bonds. The van der Waals surface area contributed by atoms with Gasteiger partial charge < -0.3 is 19.4 Å². The molecule has 0 bridgehead atoms. The van der Waals surface area contributed by atoms with Gasteiger partial charge in [-0.15, -0.1) is 0 Å². The maximum absolute atomic E-state index is 12.5. The van der Waals surface area contributed by atoms with Gasteiger partial charge in [0.2, 0.25) is 12.0 Å². The van der Waals surface area contributed by atoms with Gasteiger partial charge in [0.1, 0.15) is 6.61 Å². The summed E-state index contributed by atoms with van der Waals surface area (Å²) in [5.74, 6) is 0.0371. The number of piperidine rings is 1. The summed E-state index contributed by atoms with van der Waals surface area (Å²) < 4.78 is 5.79. The molecule has 0 aromatic rings. The van der Waals surface area contributed by atoms with Crippen LogP contribution in [0.4, 0.5) is 0 Å². The molecule has 1 spiro atoms. The molecule has 7 nitrogen and oxygen atoms in total. The molecule has 3 rings (SSSR count). The van der Waals surface area contributed by atoms with Crippen LogP contribution in [0.5, 0.6) is 0 Å². The molecule has 0 aromatic heterocycles. The van der Waals surface area contributed by atoms with E-state index in [1.807, 2.05) is 11.8 Å². The number of morpholine rings is 1. The van der Waals surface area contributed by atoms with Crippen molar-refractivity contribution >= 4 is 17.5 Å². The second-order valence-corrected chi connectivity index (χ2v) is 6.36. The molecule has 22 heavy (non-hydrogen) atoms. The van der Waals surface area contributed by atoms with E-state index in [4.69, 9.17) is 9.57 Å². The lowest BCUT2D eigenvalue weighted by Crippen LogP contribution is -2.59. The molecule has 2 saturated heterocycles. The Kier molecular flexibility index (Phi) is 4.08. The third-order valence-electron chi connectivity index (χ3n) is 4.85. The van der Waals surface area contributed by atoms with E-state index in [1.165, 1.54) is 0 Å². The van der Waals surface area contributed by atoms with Crippen molar-refractivity contribution in [3.05, 3.63) is 0 Å². The van der Waals surface area contributed by atoms with Gasteiger partial charge in [0.05, 0.1) is 11.3 Å². The maximum atomic E-state index is 12.5. The Hall–Kier alpha value is -1.63. The van der Waals surface area contributed by atoms with Crippen LogP contribution >= 0.6 is 0 Å². The van der Waals surface area contributed by atoms with Crippen molar-refractivity contribution < 1.29 is 19.2 Å². The summed E-state index contributed by atoms with van der Waals surface area (Å²) >= 11 is 0. The monoisotopic (exact) mass is 309 g/mol. The Morgan fingerprint density at radius 3 is 2.73 bits per heavy atom. The van der Waals surface area contributed by atoms with Crippen LogP contribution < -0.4 is 0 Å². The van der Waals surface area contributed by atoms with Crippen LogP contribution in [0.15, 0.2) is 5.16 Å². The number of hydrogen-bond donors (Lipinski definition) is 0. The molecule has 0 saturated carbocycles. The van der Waals surface area contributed by atoms with E-state index >= 15 is 0 Å². The van der Waals surface area contributed by atoms with Gasteiger partial charge in [0.25, 0.3) is 5.91 Å². The molecule has 3 aliphatic heterocycles. The molecule has 0 N–H and O–H groups in total. The van der Waals surface area contributed by atoms with Crippen LogP contribution in [0, 0.1) is 0 Å². The number of oxime groups is 1. The van der Waals surface area contributed by atoms with E-state index < -0.39 is 6.10 Å². The molecule has 3 heterocycles. The standard InChI is InChI=1S/C15H23N3O4/c1-3-11-8-12(22-16-11)14(20)18-6-4-15(5-7-18)10-17(2)13(19)9-21-15/h12H,3-10H2,1-2H3/t12-/m1/s1. The first-order valence-electron chi connectivity index (χ1n) is 7.91. The van der Waals surface area contributed by atoms with Crippen molar-refractivity contribution in [3.63, 3.8) is 0 Å². The maximum Gasteiger partial charge on any atom is 0.266 e. The predicted molar refractivity (Wildman–Crippen MR) is 79.4 cm³/mol. The number of hydrogen-bond acceptors (Lipinski definition) is 5. The zero-order valence-electron chi connectivity index (χ0n) is 13.2. The molecule has 1 atom stereocenters. The second kappa shape index (κ2) is 5.87. The smallest absolute Gasteiger partial charge is 0.266 e. The van der Waals surface area contributed by atoms with Crippen LogP contribution in [-0.4, -0.2) is 72.3 Å². The summed E-state index contributed by atoms with van der Waals surface area (Å²) in [6, 6.07) is 0. The molecule has 0 radical (unpaired) electrons. The fraction of sp³-hybridized carbons (Fsp3) is 0.800. The Balaban J connectivity index is 1.54. The lowest BCUT2D eigenvalue weighted by molar-refractivity contribution is -0.172. The molecular formula is C15H23N3O4. The third-order valence-corrected chi connectivity index (χ3v) is 4.85. The largest absolute Gasteiger partial charge is 0.382 e. The molecular weight excluding hydrogens is 286 g/mol. The summed E-state index contributed by atoms with van der Waals surface area (Å²) in [7, 11) is 1.81. The third kappa shape index (κ3) is 2.82. The lowest BCUT2D eigenvalue weighted by Gasteiger charge is -2.46. The van der Waals surface area contributed by atoms with Crippen molar-refractivity contribution in [1.82, 2.24) is 9.80 Å². The fourth-order valence-electron chi connectivity index (χ4n) is 3.30. The van der Waals surface area contributed by atoms with Crippen molar-refractivity contribution in [3.8, 4) is 0 Å². The number of likely N-dealkylation sites (tertiary alicyclic amines) is 1. The first kappa shape index (κ1) is 15.3. The lowest BCUT2D eigenvalue weighted by atomic mass is 9.89. The minimum atomic E-state index is -0.458. The number of amides is 2. The molecule has 0 unspecified atom stereocenters. The molecule has 2 fully saturated rings. The number of nitrogens with zero attached hydrogens (tertiary/aromatic N) is 3. The highest BCUT2D eigenvalue weighted by molar-refractivity contribution is 5.92. The second-order valence-electron chi connectivity index (χ2n) is 6.36. The Morgan fingerprint density at radius 2 is 2.14 bits per heavy atom. The summed E-state index contributed by atoms with van der Waals surface area (Å²) in [4.78, 5) is 32.8. The van der Waals surface area contributed by atoms with Crippen molar-refractivity contribution in [2.24, 2.45) is 5.16 Å².